The van der Waals surface area contributed by atoms with Crippen LogP contribution in [0.2, 0.25) is 0 Å². The predicted octanol–water partition coefficient (Wildman–Crippen LogP) is 3.14. The van der Waals surface area contributed by atoms with Gasteiger partial charge in [-0.2, -0.15) is 8.42 Å². The van der Waals surface area contributed by atoms with Crippen molar-refractivity contribution in [3.05, 3.63) is 89.5 Å². The number of aromatic nitrogens is 2. The van der Waals surface area contributed by atoms with Gasteiger partial charge in [-0.05, 0) is 66.3 Å². The Morgan fingerprint density at radius 3 is 2.52 bits per heavy atom. The van der Waals surface area contributed by atoms with E-state index in [1.807, 2.05) is 18.2 Å². The first-order chi connectivity index (χ1) is 21.1. The summed E-state index contributed by atoms with van der Waals surface area (Å²) in [5, 5.41) is 18.6. The molecule has 0 amide bonds. The Bertz CT molecular complexity index is 1680. The van der Waals surface area contributed by atoms with Crippen LogP contribution in [-0.4, -0.2) is 81.6 Å². The molecule has 2 aromatic carbocycles. The van der Waals surface area contributed by atoms with Gasteiger partial charge in [-0.3, -0.25) is 9.21 Å². The van der Waals surface area contributed by atoms with Crippen LogP contribution in [0.1, 0.15) is 35.4 Å². The molecule has 1 saturated heterocycles. The summed E-state index contributed by atoms with van der Waals surface area (Å²) in [7, 11) is -2.92. The molecule has 44 heavy (non-hydrogen) atoms. The number of piperidine rings is 1. The number of aryl methyl sites for hydroxylation is 2. The standard InChI is InChI=1S/C32H36N4O7S/c1-34-19-30(33-20-34)44(41,42)36(29(32(39)40)16-31(37)38)11-12-43-25-9-7-22-8-10-28(35-17-23-14-24(23)18-35)27(26(22)15-25)13-21-5-3-2-4-6-21/h2-7,9,15-16,19-20,23-24,27-28H,8,10-14,17-18H2,1H3,(H,37,38)(H,39,40)/b29-16-. The van der Waals surface area contributed by atoms with Crippen LogP contribution >= 0.6 is 0 Å². The molecule has 11 nitrogen and oxygen atoms in total. The quantitative estimate of drug-likeness (QED) is 0.292. The van der Waals surface area contributed by atoms with E-state index in [-0.39, 0.29) is 12.5 Å². The minimum absolute atomic E-state index is 0.211. The van der Waals surface area contributed by atoms with Crippen LogP contribution in [0.15, 0.2) is 77.9 Å². The Balaban J connectivity index is 1.25. The van der Waals surface area contributed by atoms with E-state index in [1.54, 1.807) is 7.05 Å². The summed E-state index contributed by atoms with van der Waals surface area (Å²) in [5.41, 5.74) is 2.85. The molecule has 4 unspecified atom stereocenters. The van der Waals surface area contributed by atoms with Gasteiger partial charge in [0.1, 0.15) is 18.1 Å². The van der Waals surface area contributed by atoms with E-state index in [0.29, 0.717) is 22.2 Å². The number of aliphatic carboxylic acids is 2. The van der Waals surface area contributed by atoms with E-state index in [9.17, 15) is 28.2 Å². The van der Waals surface area contributed by atoms with Crippen LogP contribution in [0.25, 0.3) is 0 Å². The number of nitrogens with zero attached hydrogens (tertiary/aromatic N) is 4. The molecule has 0 spiro atoms. The summed E-state index contributed by atoms with van der Waals surface area (Å²) in [5.74, 6) is -0.816. The number of carboxylic acid groups (broad SMARTS) is 2. The van der Waals surface area contributed by atoms with Crippen molar-refractivity contribution in [2.24, 2.45) is 18.9 Å². The molecule has 2 N–H and O–H groups in total. The van der Waals surface area contributed by atoms with E-state index in [0.717, 1.165) is 44.2 Å². The molecule has 1 aliphatic heterocycles. The van der Waals surface area contributed by atoms with E-state index in [4.69, 9.17) is 4.74 Å². The third-order valence-electron chi connectivity index (χ3n) is 9.01. The average molecular weight is 621 g/mol. The Labute approximate surface area is 256 Å². The van der Waals surface area contributed by atoms with Crippen LogP contribution in [-0.2, 0) is 39.5 Å². The maximum absolute atomic E-state index is 13.4. The highest BCUT2D eigenvalue weighted by atomic mass is 32.2. The lowest BCUT2D eigenvalue weighted by Gasteiger charge is -2.40. The van der Waals surface area contributed by atoms with Crippen molar-refractivity contribution in [2.75, 3.05) is 26.2 Å². The van der Waals surface area contributed by atoms with Crippen molar-refractivity contribution < 1.29 is 33.0 Å². The van der Waals surface area contributed by atoms with Gasteiger partial charge in [0.2, 0.25) is 0 Å². The number of hydrogen-bond acceptors (Lipinski definition) is 7. The number of imidazole rings is 1. The van der Waals surface area contributed by atoms with Crippen molar-refractivity contribution in [3.63, 3.8) is 0 Å². The Hall–Kier alpha value is -4.16. The molecule has 1 aromatic heterocycles. The summed E-state index contributed by atoms with van der Waals surface area (Å²) in [4.78, 5) is 29.9. The third-order valence-corrected chi connectivity index (χ3v) is 10.7. The number of fused-ring (bicyclic) bond motifs is 2. The van der Waals surface area contributed by atoms with Crippen LogP contribution in [0.3, 0.4) is 0 Å². The highest BCUT2D eigenvalue weighted by Gasteiger charge is 2.48. The normalized spacial score (nSPS) is 23.1. The predicted molar refractivity (Wildman–Crippen MR) is 161 cm³/mol. The van der Waals surface area contributed by atoms with Crippen molar-refractivity contribution in [2.45, 2.75) is 42.7 Å². The Morgan fingerprint density at radius 2 is 1.86 bits per heavy atom. The van der Waals surface area contributed by atoms with E-state index in [1.165, 1.54) is 40.2 Å². The first-order valence-corrected chi connectivity index (χ1v) is 16.3. The van der Waals surface area contributed by atoms with Gasteiger partial charge in [0.25, 0.3) is 10.0 Å². The Kier molecular flexibility index (Phi) is 8.21. The van der Waals surface area contributed by atoms with Gasteiger partial charge < -0.3 is 19.5 Å². The van der Waals surface area contributed by atoms with E-state index < -0.39 is 39.2 Å². The molecule has 12 heteroatoms. The molecule has 232 valence electrons. The van der Waals surface area contributed by atoms with Crippen LogP contribution < -0.4 is 4.74 Å². The maximum Gasteiger partial charge on any atom is 0.353 e. The highest BCUT2D eigenvalue weighted by Crippen LogP contribution is 2.49. The zero-order chi connectivity index (χ0) is 31.0. The first kappa shape index (κ1) is 29.9. The lowest BCUT2D eigenvalue weighted by Crippen LogP contribution is -2.42. The second kappa shape index (κ2) is 12.1. The van der Waals surface area contributed by atoms with Crippen molar-refractivity contribution in [1.82, 2.24) is 18.8 Å². The molecular weight excluding hydrogens is 584 g/mol. The van der Waals surface area contributed by atoms with E-state index in [2.05, 4.69) is 40.2 Å². The molecular formula is C32H36N4O7S. The molecule has 2 heterocycles. The Morgan fingerprint density at radius 1 is 1.11 bits per heavy atom. The summed E-state index contributed by atoms with van der Waals surface area (Å²) in [6.07, 6.45) is 7.15. The molecule has 1 saturated carbocycles. The van der Waals surface area contributed by atoms with E-state index >= 15 is 0 Å². The number of benzene rings is 2. The average Bonchev–Trinajstić information content (AvgIpc) is 3.35. The lowest BCUT2D eigenvalue weighted by atomic mass is 9.75. The minimum atomic E-state index is -4.50. The van der Waals surface area contributed by atoms with Crippen LogP contribution in [0.5, 0.6) is 5.75 Å². The zero-order valence-electron chi connectivity index (χ0n) is 24.4. The summed E-state index contributed by atoms with van der Waals surface area (Å²) in [6, 6.07) is 16.8. The van der Waals surface area contributed by atoms with Gasteiger partial charge in [0, 0.05) is 38.3 Å². The third kappa shape index (κ3) is 6.22. The van der Waals surface area contributed by atoms with Gasteiger partial charge in [-0.1, -0.05) is 36.4 Å². The number of ether oxygens (including phenoxy) is 1. The number of carbonyl (C=O) groups is 2. The number of likely N-dealkylation sites (tertiary alicyclic amines) is 1. The van der Waals surface area contributed by atoms with Crippen molar-refractivity contribution in [1.29, 1.82) is 0 Å². The maximum atomic E-state index is 13.4. The first-order valence-electron chi connectivity index (χ1n) is 14.8. The van der Waals surface area contributed by atoms with Crippen LogP contribution in [0.4, 0.5) is 0 Å². The molecule has 4 atom stereocenters. The van der Waals surface area contributed by atoms with Gasteiger partial charge in [0.15, 0.2) is 5.03 Å². The van der Waals surface area contributed by atoms with Crippen molar-refractivity contribution in [3.8, 4) is 5.75 Å². The fourth-order valence-corrected chi connectivity index (χ4v) is 8.22. The zero-order valence-corrected chi connectivity index (χ0v) is 25.3. The largest absolute Gasteiger partial charge is 0.492 e. The molecule has 0 radical (unpaired) electrons. The molecule has 6 rings (SSSR count). The number of sulfonamides is 1. The summed E-state index contributed by atoms with van der Waals surface area (Å²) >= 11 is 0. The SMILES string of the molecule is Cn1cnc(S(=O)(=O)N(CCOc2ccc3c(c2)C(Cc2ccccc2)C(N2CC4CC4C2)CC3)/C(=C\C(=O)O)C(=O)O)c1. The molecule has 2 fully saturated rings. The monoisotopic (exact) mass is 620 g/mol. The number of carboxylic acids is 2. The van der Waals surface area contributed by atoms with Gasteiger partial charge in [-0.15, -0.1) is 0 Å². The molecule has 3 aromatic rings. The second-order valence-electron chi connectivity index (χ2n) is 11.9. The number of hydrogen-bond donors (Lipinski definition) is 2. The smallest absolute Gasteiger partial charge is 0.353 e. The summed E-state index contributed by atoms with van der Waals surface area (Å²) in [6.45, 7) is 1.66. The van der Waals surface area contributed by atoms with Crippen molar-refractivity contribution >= 4 is 22.0 Å². The molecule has 0 bridgehead atoms. The topological polar surface area (TPSA) is 142 Å². The van der Waals surface area contributed by atoms with Gasteiger partial charge in [0.05, 0.1) is 18.9 Å². The fraction of sp³-hybridized carbons (Fsp3) is 0.406. The lowest BCUT2D eigenvalue weighted by molar-refractivity contribution is -0.136. The molecule has 3 aliphatic rings. The molecule has 2 aliphatic carbocycles. The minimum Gasteiger partial charge on any atom is -0.492 e. The number of rotatable bonds is 12. The van der Waals surface area contributed by atoms with Gasteiger partial charge in [-0.25, -0.2) is 14.6 Å². The van der Waals surface area contributed by atoms with Gasteiger partial charge >= 0.3 is 11.9 Å². The summed E-state index contributed by atoms with van der Waals surface area (Å²) < 4.78 is 34.8. The second-order valence-corrected chi connectivity index (χ2v) is 13.8. The highest BCUT2D eigenvalue weighted by molar-refractivity contribution is 7.89. The van der Waals surface area contributed by atoms with Crippen LogP contribution in [0, 0.1) is 11.8 Å². The fourth-order valence-electron chi connectivity index (χ4n) is 6.81.